The zero-order valence-corrected chi connectivity index (χ0v) is 12.0. The molecule has 0 spiro atoms. The Morgan fingerprint density at radius 1 is 1.10 bits per heavy atom. The minimum absolute atomic E-state index is 0.860. The van der Waals surface area contributed by atoms with Crippen LogP contribution in [0.2, 0.25) is 0 Å². The van der Waals surface area contributed by atoms with E-state index in [1.807, 2.05) is 35.9 Å². The molecule has 21 heavy (non-hydrogen) atoms. The second-order valence-corrected chi connectivity index (χ2v) is 5.37. The molecule has 0 unspecified atom stereocenters. The van der Waals surface area contributed by atoms with Gasteiger partial charge in [0.1, 0.15) is 5.84 Å². The van der Waals surface area contributed by atoms with Crippen molar-refractivity contribution >= 4 is 17.6 Å². The van der Waals surface area contributed by atoms with Crippen LogP contribution in [-0.2, 0) is 0 Å². The fraction of sp³-hybridized carbons (Fsp3) is 0.312. The van der Waals surface area contributed by atoms with Gasteiger partial charge in [0.15, 0.2) is 5.82 Å². The van der Waals surface area contributed by atoms with E-state index in [0.29, 0.717) is 0 Å². The van der Waals surface area contributed by atoms with E-state index in [2.05, 4.69) is 22.0 Å². The topological polar surface area (TPSA) is 45.8 Å². The zero-order valence-electron chi connectivity index (χ0n) is 12.0. The quantitative estimate of drug-likeness (QED) is 0.805. The van der Waals surface area contributed by atoms with E-state index in [1.54, 1.807) is 0 Å². The summed E-state index contributed by atoms with van der Waals surface area (Å²) < 4.78 is 1.88. The van der Waals surface area contributed by atoms with E-state index in [1.165, 1.54) is 0 Å². The van der Waals surface area contributed by atoms with E-state index in [-0.39, 0.29) is 0 Å². The molecule has 1 aromatic heterocycles. The smallest absolute Gasteiger partial charge is 0.229 e. The van der Waals surface area contributed by atoms with Crippen molar-refractivity contribution in [2.45, 2.75) is 19.8 Å². The van der Waals surface area contributed by atoms with Crippen LogP contribution >= 0.6 is 0 Å². The number of rotatable bonds is 1. The van der Waals surface area contributed by atoms with Gasteiger partial charge in [-0.05, 0) is 19.8 Å². The van der Waals surface area contributed by atoms with Crippen molar-refractivity contribution in [1.82, 2.24) is 14.7 Å². The number of hydrogen-bond donors (Lipinski definition) is 0. The second-order valence-electron chi connectivity index (χ2n) is 5.37. The fourth-order valence-electron chi connectivity index (χ4n) is 2.81. The van der Waals surface area contributed by atoms with Crippen molar-refractivity contribution in [3.8, 4) is 11.3 Å². The van der Waals surface area contributed by atoms with Gasteiger partial charge in [0.05, 0.1) is 5.69 Å². The van der Waals surface area contributed by atoms with E-state index in [9.17, 15) is 0 Å². The van der Waals surface area contributed by atoms with Crippen LogP contribution in [0.4, 0.5) is 5.82 Å². The number of benzene rings is 1. The third-order valence-corrected chi connectivity index (χ3v) is 3.90. The molecule has 3 heterocycles. The summed E-state index contributed by atoms with van der Waals surface area (Å²) in [4.78, 5) is 11.6. The summed E-state index contributed by atoms with van der Waals surface area (Å²) in [5.74, 6) is 2.78. The molecule has 0 amide bonds. The Morgan fingerprint density at radius 2 is 1.95 bits per heavy atom. The lowest BCUT2D eigenvalue weighted by molar-refractivity contribution is 0.550. The third-order valence-electron chi connectivity index (χ3n) is 3.90. The molecule has 2 aromatic rings. The second kappa shape index (κ2) is 4.84. The number of aromatic nitrogens is 2. The number of fused-ring (bicyclic) bond motifs is 3. The van der Waals surface area contributed by atoms with Crippen molar-refractivity contribution < 1.29 is 0 Å². The van der Waals surface area contributed by atoms with E-state index < -0.39 is 0 Å². The molecular formula is C16H17N5. The lowest BCUT2D eigenvalue weighted by atomic mass is 10.2. The van der Waals surface area contributed by atoms with Gasteiger partial charge in [0.2, 0.25) is 5.96 Å². The van der Waals surface area contributed by atoms with Crippen LogP contribution in [0.15, 0.2) is 46.4 Å². The highest BCUT2D eigenvalue weighted by Crippen LogP contribution is 2.27. The maximum absolute atomic E-state index is 4.72. The largest absolute Gasteiger partial charge is 0.299 e. The molecule has 5 heteroatoms. The van der Waals surface area contributed by atoms with Gasteiger partial charge in [0.25, 0.3) is 0 Å². The maximum Gasteiger partial charge on any atom is 0.229 e. The van der Waals surface area contributed by atoms with Crippen LogP contribution in [0.3, 0.4) is 0 Å². The molecule has 106 valence electrons. The van der Waals surface area contributed by atoms with Crippen molar-refractivity contribution in [3.63, 3.8) is 0 Å². The molecule has 0 saturated heterocycles. The number of nitrogens with zero attached hydrogens (tertiary/aromatic N) is 5. The predicted molar refractivity (Wildman–Crippen MR) is 84.1 cm³/mol. The summed E-state index contributed by atoms with van der Waals surface area (Å²) in [5, 5.41) is 4.72. The van der Waals surface area contributed by atoms with Gasteiger partial charge in [-0.2, -0.15) is 9.78 Å². The molecule has 2 aliphatic rings. The highest BCUT2D eigenvalue weighted by atomic mass is 15.5. The molecule has 4 rings (SSSR count). The first-order valence-electron chi connectivity index (χ1n) is 7.36. The average Bonchev–Trinajstić information content (AvgIpc) is 2.77. The van der Waals surface area contributed by atoms with Crippen LogP contribution in [0.1, 0.15) is 19.8 Å². The summed E-state index contributed by atoms with van der Waals surface area (Å²) >= 11 is 0. The average molecular weight is 279 g/mol. The molecule has 0 aliphatic carbocycles. The lowest BCUT2D eigenvalue weighted by Crippen LogP contribution is -2.42. The van der Waals surface area contributed by atoms with E-state index in [0.717, 1.165) is 54.8 Å². The fourth-order valence-corrected chi connectivity index (χ4v) is 2.81. The minimum Gasteiger partial charge on any atom is -0.299 e. The Morgan fingerprint density at radius 3 is 2.81 bits per heavy atom. The van der Waals surface area contributed by atoms with Crippen LogP contribution in [0.25, 0.3) is 11.3 Å². The summed E-state index contributed by atoms with van der Waals surface area (Å²) in [7, 11) is 0. The summed E-state index contributed by atoms with van der Waals surface area (Å²) in [6.07, 6.45) is 2.26. The molecule has 5 nitrogen and oxygen atoms in total. The van der Waals surface area contributed by atoms with Gasteiger partial charge in [-0.25, -0.2) is 4.99 Å². The van der Waals surface area contributed by atoms with E-state index >= 15 is 0 Å². The Bertz CT molecular complexity index is 726. The van der Waals surface area contributed by atoms with Gasteiger partial charge in [-0.1, -0.05) is 30.3 Å². The van der Waals surface area contributed by atoms with Crippen LogP contribution < -0.4 is 0 Å². The highest BCUT2D eigenvalue weighted by molar-refractivity contribution is 6.04. The first-order chi connectivity index (χ1) is 10.3. The molecule has 0 N–H and O–H groups in total. The summed E-state index contributed by atoms with van der Waals surface area (Å²) in [6, 6.07) is 12.2. The molecule has 0 fully saturated rings. The molecule has 2 aliphatic heterocycles. The Labute approximate surface area is 123 Å². The summed E-state index contributed by atoms with van der Waals surface area (Å²) in [6.45, 7) is 3.87. The van der Waals surface area contributed by atoms with Gasteiger partial charge in [-0.3, -0.25) is 9.89 Å². The zero-order chi connectivity index (χ0) is 14.2. The van der Waals surface area contributed by atoms with Crippen molar-refractivity contribution in [2.24, 2.45) is 9.98 Å². The van der Waals surface area contributed by atoms with Crippen molar-refractivity contribution in [2.75, 3.05) is 13.1 Å². The standard InChI is InChI=1S/C16H17N5/c1-12-18-15-11-14(13-7-3-2-4-8-13)19-21(15)16-17-9-5-6-10-20(12)16/h2-4,7-8,11H,5-6,9-10H2,1H3. The molecule has 0 atom stereocenters. The molecule has 0 radical (unpaired) electrons. The third kappa shape index (κ3) is 2.05. The lowest BCUT2D eigenvalue weighted by Gasteiger charge is -2.27. The van der Waals surface area contributed by atoms with Gasteiger partial charge < -0.3 is 0 Å². The van der Waals surface area contributed by atoms with Gasteiger partial charge >= 0.3 is 0 Å². The first-order valence-corrected chi connectivity index (χ1v) is 7.36. The normalized spacial score (nSPS) is 17.5. The molecule has 1 aromatic carbocycles. The minimum atomic E-state index is 0.860. The van der Waals surface area contributed by atoms with Crippen LogP contribution in [0, 0.1) is 0 Å². The Hall–Kier alpha value is -2.43. The molecule has 0 saturated carbocycles. The SMILES string of the molecule is CC1=Nc2cc(-c3ccccc3)nn2C2=NCCCCN12. The van der Waals surface area contributed by atoms with Crippen LogP contribution in [0.5, 0.6) is 0 Å². The van der Waals surface area contributed by atoms with Gasteiger partial charge in [0, 0.05) is 24.7 Å². The number of aliphatic imine (C=N–C) groups is 2. The van der Waals surface area contributed by atoms with Gasteiger partial charge in [-0.15, -0.1) is 0 Å². The molecular weight excluding hydrogens is 262 g/mol. The van der Waals surface area contributed by atoms with E-state index in [4.69, 9.17) is 10.1 Å². The van der Waals surface area contributed by atoms with Crippen LogP contribution in [-0.4, -0.2) is 39.6 Å². The highest BCUT2D eigenvalue weighted by Gasteiger charge is 2.26. The number of amidine groups is 1. The maximum atomic E-state index is 4.72. The predicted octanol–water partition coefficient (Wildman–Crippen LogP) is 2.91. The monoisotopic (exact) mass is 279 g/mol. The number of hydrogen-bond acceptors (Lipinski definition) is 4. The van der Waals surface area contributed by atoms with Crippen molar-refractivity contribution in [1.29, 1.82) is 0 Å². The Balaban J connectivity index is 1.84. The van der Waals surface area contributed by atoms with Crippen molar-refractivity contribution in [3.05, 3.63) is 36.4 Å². The Kier molecular flexibility index (Phi) is 2.84. The summed E-state index contributed by atoms with van der Waals surface area (Å²) in [5.41, 5.74) is 2.05. The first kappa shape index (κ1) is 12.3. The molecule has 0 bridgehead atoms.